The van der Waals surface area contributed by atoms with Crippen molar-refractivity contribution < 1.29 is 14.1 Å². The number of benzene rings is 1. The third-order valence-corrected chi connectivity index (χ3v) is 2.56. The van der Waals surface area contributed by atoms with Crippen molar-refractivity contribution in [2.75, 3.05) is 0 Å². The fourth-order valence-electron chi connectivity index (χ4n) is 1.47. The van der Waals surface area contributed by atoms with Crippen LogP contribution in [-0.2, 0) is 0 Å². The molecule has 0 amide bonds. The first kappa shape index (κ1) is 13.0. The minimum absolute atomic E-state index is 0.315. The molecule has 0 unspecified atom stereocenters. The molecule has 0 radical (unpaired) electrons. The minimum atomic E-state index is -0.607. The van der Waals surface area contributed by atoms with Crippen molar-refractivity contribution in [2.24, 2.45) is 0 Å². The zero-order chi connectivity index (χ0) is 13.8. The van der Waals surface area contributed by atoms with E-state index in [0.717, 1.165) is 5.56 Å². The molecule has 0 aliphatic carbocycles. The number of carbonyl (C=O) groups is 1. The minimum Gasteiger partial charge on any atom is -0.401 e. The van der Waals surface area contributed by atoms with E-state index in [9.17, 15) is 14.9 Å². The highest BCUT2D eigenvalue weighted by Gasteiger charge is 2.09. The average Bonchev–Trinajstić information content (AvgIpc) is 2.85. The molecule has 0 aliphatic rings. The second kappa shape index (κ2) is 5.49. The van der Waals surface area contributed by atoms with Crippen LogP contribution in [0, 0.1) is 10.1 Å². The normalized spacial score (nSPS) is 10.8. The van der Waals surface area contributed by atoms with Crippen LogP contribution in [0.2, 0.25) is 0 Å². The van der Waals surface area contributed by atoms with Crippen LogP contribution in [0.4, 0.5) is 5.88 Å². The van der Waals surface area contributed by atoms with E-state index in [1.807, 2.05) is 0 Å². The van der Waals surface area contributed by atoms with E-state index >= 15 is 0 Å². The molecule has 2 rings (SSSR count). The van der Waals surface area contributed by atoms with Crippen LogP contribution >= 0.6 is 11.6 Å². The third kappa shape index (κ3) is 3.29. The monoisotopic (exact) mass is 277 g/mol. The summed E-state index contributed by atoms with van der Waals surface area (Å²) in [5, 5.41) is 9.91. The molecule has 0 spiro atoms. The molecule has 0 atom stereocenters. The molecule has 19 heavy (non-hydrogen) atoms. The van der Waals surface area contributed by atoms with Gasteiger partial charge in [0.15, 0.2) is 0 Å². The summed E-state index contributed by atoms with van der Waals surface area (Å²) in [5.74, 6) is 0.0404. The highest BCUT2D eigenvalue weighted by Crippen LogP contribution is 2.18. The number of carbonyl (C=O) groups excluding carboxylic acids is 1. The number of hydrogen-bond acceptors (Lipinski definition) is 4. The molecular weight excluding hydrogens is 270 g/mol. The van der Waals surface area contributed by atoms with Gasteiger partial charge in [-0.3, -0.25) is 14.9 Å². The number of furan rings is 1. The molecule has 2 aromatic rings. The Bertz CT molecular complexity index is 660. The van der Waals surface area contributed by atoms with Crippen molar-refractivity contribution in [1.82, 2.24) is 0 Å². The third-order valence-electron chi connectivity index (χ3n) is 2.35. The Hall–Kier alpha value is -2.40. The molecule has 1 heterocycles. The Balaban J connectivity index is 2.19. The zero-order valence-electron chi connectivity index (χ0n) is 9.58. The lowest BCUT2D eigenvalue weighted by atomic mass is 10.1. The summed E-state index contributed by atoms with van der Waals surface area (Å²) in [7, 11) is 0. The van der Waals surface area contributed by atoms with Gasteiger partial charge in [0.25, 0.3) is 5.24 Å². The summed E-state index contributed by atoms with van der Waals surface area (Å²) in [6.45, 7) is 0. The predicted molar refractivity (Wildman–Crippen MR) is 70.9 cm³/mol. The molecular formula is C13H8ClNO4. The summed E-state index contributed by atoms with van der Waals surface area (Å²) in [5.41, 5.74) is 1.12. The summed E-state index contributed by atoms with van der Waals surface area (Å²) in [6.07, 6.45) is 3.25. The van der Waals surface area contributed by atoms with E-state index in [4.69, 9.17) is 16.0 Å². The van der Waals surface area contributed by atoms with Gasteiger partial charge in [-0.05, 0) is 35.4 Å². The van der Waals surface area contributed by atoms with E-state index in [-0.39, 0.29) is 5.88 Å². The molecule has 0 saturated heterocycles. The van der Waals surface area contributed by atoms with Crippen LogP contribution in [0.5, 0.6) is 0 Å². The van der Waals surface area contributed by atoms with Gasteiger partial charge < -0.3 is 4.42 Å². The second-order valence-corrected chi connectivity index (χ2v) is 4.01. The molecule has 96 valence electrons. The van der Waals surface area contributed by atoms with Crippen molar-refractivity contribution in [3.8, 4) is 0 Å². The lowest BCUT2D eigenvalue weighted by Crippen LogP contribution is -1.87. The van der Waals surface area contributed by atoms with Gasteiger partial charge in [0, 0.05) is 5.56 Å². The first-order valence-electron chi connectivity index (χ1n) is 5.28. The van der Waals surface area contributed by atoms with Crippen LogP contribution in [0.3, 0.4) is 0 Å². The molecule has 1 aromatic carbocycles. The van der Waals surface area contributed by atoms with Crippen LogP contribution in [0.1, 0.15) is 21.7 Å². The molecule has 0 saturated carbocycles. The van der Waals surface area contributed by atoms with Gasteiger partial charge in [-0.25, -0.2) is 0 Å². The lowest BCUT2D eigenvalue weighted by molar-refractivity contribution is -0.402. The van der Waals surface area contributed by atoms with E-state index in [0.29, 0.717) is 11.3 Å². The smallest absolute Gasteiger partial charge is 0.401 e. The van der Waals surface area contributed by atoms with Gasteiger partial charge >= 0.3 is 5.88 Å². The number of rotatable bonds is 4. The maximum Gasteiger partial charge on any atom is 0.433 e. The van der Waals surface area contributed by atoms with E-state index in [2.05, 4.69) is 0 Å². The first-order valence-corrected chi connectivity index (χ1v) is 5.66. The van der Waals surface area contributed by atoms with Crippen molar-refractivity contribution in [1.29, 1.82) is 0 Å². The van der Waals surface area contributed by atoms with Gasteiger partial charge in [-0.1, -0.05) is 24.3 Å². The van der Waals surface area contributed by atoms with Gasteiger partial charge in [0.05, 0.1) is 6.07 Å². The fourth-order valence-corrected chi connectivity index (χ4v) is 1.59. The largest absolute Gasteiger partial charge is 0.433 e. The average molecular weight is 278 g/mol. The molecule has 0 aliphatic heterocycles. The number of hydrogen-bond donors (Lipinski definition) is 0. The molecule has 0 N–H and O–H groups in total. The summed E-state index contributed by atoms with van der Waals surface area (Å²) in [6, 6.07) is 9.45. The number of halogens is 1. The van der Waals surface area contributed by atoms with Crippen LogP contribution < -0.4 is 0 Å². The molecule has 5 nitrogen and oxygen atoms in total. The Morgan fingerprint density at radius 2 is 2.05 bits per heavy atom. The standard InChI is InChI=1S/C13H8ClNO4/c14-13(16)10-3-1-2-9(8-10)4-5-11-6-7-12(19-11)15(17)18/h1-8H. The molecule has 1 aromatic heterocycles. The Morgan fingerprint density at radius 1 is 1.26 bits per heavy atom. The van der Waals surface area contributed by atoms with Crippen LogP contribution in [0.15, 0.2) is 40.8 Å². The molecule has 0 bridgehead atoms. The Morgan fingerprint density at radius 3 is 2.68 bits per heavy atom. The van der Waals surface area contributed by atoms with Crippen LogP contribution in [0.25, 0.3) is 12.2 Å². The highest BCUT2D eigenvalue weighted by molar-refractivity contribution is 6.67. The SMILES string of the molecule is O=C(Cl)c1cccc(C=Cc2ccc([N+](=O)[O-])o2)c1. The van der Waals surface area contributed by atoms with Gasteiger partial charge in [0.2, 0.25) is 0 Å². The molecule has 6 heteroatoms. The van der Waals surface area contributed by atoms with Gasteiger partial charge in [-0.15, -0.1) is 0 Å². The van der Waals surface area contributed by atoms with Crippen molar-refractivity contribution in [3.63, 3.8) is 0 Å². The fraction of sp³-hybridized carbons (Fsp3) is 0. The molecule has 0 fully saturated rings. The maximum absolute atomic E-state index is 11.0. The van der Waals surface area contributed by atoms with Gasteiger partial charge in [-0.2, -0.15) is 0 Å². The quantitative estimate of drug-likeness (QED) is 0.485. The zero-order valence-corrected chi connectivity index (χ0v) is 10.3. The Labute approximate surface area is 113 Å². The summed E-state index contributed by atoms with van der Waals surface area (Å²) >= 11 is 5.37. The van der Waals surface area contributed by atoms with E-state index in [1.165, 1.54) is 12.1 Å². The van der Waals surface area contributed by atoms with E-state index in [1.54, 1.807) is 36.4 Å². The first-order chi connectivity index (χ1) is 9.06. The van der Waals surface area contributed by atoms with Crippen LogP contribution in [-0.4, -0.2) is 10.2 Å². The number of nitro groups is 1. The second-order valence-electron chi connectivity index (χ2n) is 3.67. The maximum atomic E-state index is 11.0. The Kier molecular flexibility index (Phi) is 3.77. The number of nitrogens with zero attached hydrogens (tertiary/aromatic N) is 1. The summed E-state index contributed by atoms with van der Waals surface area (Å²) < 4.78 is 4.97. The summed E-state index contributed by atoms with van der Waals surface area (Å²) in [4.78, 5) is 20.8. The van der Waals surface area contributed by atoms with Crippen molar-refractivity contribution >= 4 is 34.9 Å². The van der Waals surface area contributed by atoms with E-state index < -0.39 is 10.2 Å². The van der Waals surface area contributed by atoms with Crippen molar-refractivity contribution in [2.45, 2.75) is 0 Å². The van der Waals surface area contributed by atoms with Crippen molar-refractivity contribution in [3.05, 3.63) is 63.4 Å². The predicted octanol–water partition coefficient (Wildman–Crippen LogP) is 3.74. The topological polar surface area (TPSA) is 73.3 Å². The highest BCUT2D eigenvalue weighted by atomic mass is 35.5. The van der Waals surface area contributed by atoms with Gasteiger partial charge in [0.1, 0.15) is 10.7 Å². The lowest BCUT2D eigenvalue weighted by Gasteiger charge is -1.95.